The van der Waals surface area contributed by atoms with Crippen LogP contribution >= 0.6 is 0 Å². The maximum Gasteiger partial charge on any atom is 0.261 e. The molecule has 166 valence electrons. The lowest BCUT2D eigenvalue weighted by molar-refractivity contribution is -0.136. The fraction of sp³-hybridized carbons (Fsp3) is 0.556. The molecule has 0 bridgehead atoms. The minimum absolute atomic E-state index is 0.143. The summed E-state index contributed by atoms with van der Waals surface area (Å²) in [4.78, 5) is 26.6. The van der Waals surface area contributed by atoms with Gasteiger partial charge < -0.3 is 0 Å². The lowest BCUT2D eigenvalue weighted by atomic mass is 9.87. The van der Waals surface area contributed by atoms with Gasteiger partial charge in [-0.15, -0.1) is 0 Å². The van der Waals surface area contributed by atoms with Crippen LogP contribution in [0.3, 0.4) is 0 Å². The lowest BCUT2D eigenvalue weighted by Crippen LogP contribution is -2.33. The van der Waals surface area contributed by atoms with Gasteiger partial charge in [0.25, 0.3) is 11.8 Å². The Labute approximate surface area is 184 Å². The lowest BCUT2D eigenvalue weighted by Gasteiger charge is -2.20. The van der Waals surface area contributed by atoms with Gasteiger partial charge in [0.05, 0.1) is 6.54 Å². The van der Waals surface area contributed by atoms with Crippen LogP contribution in [0.1, 0.15) is 80.1 Å². The Balaban J connectivity index is 0.00000218. The van der Waals surface area contributed by atoms with Gasteiger partial charge in [-0.2, -0.15) is 0 Å². The summed E-state index contributed by atoms with van der Waals surface area (Å²) in [6.07, 6.45) is 16.2. The number of hydrogen-bond acceptors (Lipinski definition) is 2. The smallest absolute Gasteiger partial charge is 0.261 e. The number of amides is 2. The van der Waals surface area contributed by atoms with Crippen LogP contribution in [0.2, 0.25) is 0 Å². The summed E-state index contributed by atoms with van der Waals surface area (Å²) in [5, 5.41) is 0. The van der Waals surface area contributed by atoms with Crippen molar-refractivity contribution in [2.75, 3.05) is 6.54 Å². The van der Waals surface area contributed by atoms with E-state index in [1.807, 2.05) is 26.8 Å². The van der Waals surface area contributed by atoms with E-state index in [1.165, 1.54) is 23.3 Å². The first-order valence-electron chi connectivity index (χ1n) is 11.7. The molecule has 2 aliphatic rings. The standard InChI is InChI=1S/C25H35NO2.C2H6/c1-6-11-21(20(8-3)15-14-18(4)7-2)16-19(5)17-26-24(27)22-12-9-10-13-23(22)25(26)28;1-2/h6,9,11-12,16,18,20H,5,7-8,10,13-15,17H2,1-4H3;1-2H3/b11-6-,21-16+;. The summed E-state index contributed by atoms with van der Waals surface area (Å²) in [5.41, 5.74) is 3.29. The number of imide groups is 1. The molecule has 2 amide bonds. The average Bonchev–Trinajstić information content (AvgIpc) is 3.00. The molecule has 30 heavy (non-hydrogen) atoms. The second-order valence-electron chi connectivity index (χ2n) is 8.03. The van der Waals surface area contributed by atoms with Crippen LogP contribution in [0.5, 0.6) is 0 Å². The van der Waals surface area contributed by atoms with Gasteiger partial charge in [0.1, 0.15) is 0 Å². The molecular weight excluding hydrogens is 370 g/mol. The van der Waals surface area contributed by atoms with Crippen molar-refractivity contribution in [1.29, 1.82) is 0 Å². The largest absolute Gasteiger partial charge is 0.270 e. The maximum atomic E-state index is 12.6. The SMILES string of the molecule is C=C(/C=C(\C=C/C)C(CC)CCC(C)CC)CN1C(=O)C2=C(CCC=C2)C1=O.CC. The van der Waals surface area contributed by atoms with E-state index >= 15 is 0 Å². The molecule has 2 unspecified atom stereocenters. The Morgan fingerprint density at radius 1 is 1.17 bits per heavy atom. The van der Waals surface area contributed by atoms with Crippen molar-refractivity contribution < 1.29 is 9.59 Å². The van der Waals surface area contributed by atoms with E-state index in [1.54, 1.807) is 6.08 Å². The van der Waals surface area contributed by atoms with Gasteiger partial charge in [-0.25, -0.2) is 0 Å². The monoisotopic (exact) mass is 411 g/mol. The molecule has 0 aromatic heterocycles. The van der Waals surface area contributed by atoms with Gasteiger partial charge in [-0.3, -0.25) is 14.5 Å². The second-order valence-corrected chi connectivity index (χ2v) is 8.03. The number of carbonyl (C=O) groups excluding carboxylic acids is 2. The number of hydrogen-bond donors (Lipinski definition) is 0. The molecule has 0 saturated heterocycles. The first-order valence-corrected chi connectivity index (χ1v) is 11.7. The highest BCUT2D eigenvalue weighted by Gasteiger charge is 2.37. The van der Waals surface area contributed by atoms with Crippen LogP contribution in [0.4, 0.5) is 0 Å². The Hall–Kier alpha value is -2.16. The van der Waals surface area contributed by atoms with Crippen molar-refractivity contribution in [1.82, 2.24) is 4.90 Å². The van der Waals surface area contributed by atoms with Crippen molar-refractivity contribution in [3.05, 3.63) is 59.3 Å². The molecule has 0 radical (unpaired) electrons. The van der Waals surface area contributed by atoms with Gasteiger partial charge in [-0.05, 0) is 55.6 Å². The predicted octanol–water partition coefficient (Wildman–Crippen LogP) is 6.94. The molecular formula is C27H41NO2. The van der Waals surface area contributed by atoms with E-state index in [2.05, 4.69) is 45.6 Å². The van der Waals surface area contributed by atoms with Gasteiger partial charge in [0.15, 0.2) is 0 Å². The summed E-state index contributed by atoms with van der Waals surface area (Å²) in [5.74, 6) is 0.882. The third-order valence-corrected chi connectivity index (χ3v) is 5.91. The summed E-state index contributed by atoms with van der Waals surface area (Å²) < 4.78 is 0. The second kappa shape index (κ2) is 13.2. The third kappa shape index (κ3) is 6.68. The van der Waals surface area contributed by atoms with E-state index in [-0.39, 0.29) is 18.4 Å². The van der Waals surface area contributed by atoms with E-state index in [0.717, 1.165) is 30.8 Å². The summed E-state index contributed by atoms with van der Waals surface area (Å²) in [7, 11) is 0. The highest BCUT2D eigenvalue weighted by molar-refractivity contribution is 6.21. The molecule has 0 saturated carbocycles. The van der Waals surface area contributed by atoms with Crippen molar-refractivity contribution in [3.8, 4) is 0 Å². The molecule has 2 rings (SSSR count). The molecule has 3 heteroatoms. The zero-order valence-electron chi connectivity index (χ0n) is 20.0. The third-order valence-electron chi connectivity index (χ3n) is 5.91. The summed E-state index contributed by atoms with van der Waals surface area (Å²) in [6.45, 7) is 17.2. The average molecular weight is 412 g/mol. The number of carbonyl (C=O) groups is 2. The molecule has 0 N–H and O–H groups in total. The Bertz CT molecular complexity index is 736. The fourth-order valence-corrected chi connectivity index (χ4v) is 3.91. The fourth-order valence-electron chi connectivity index (χ4n) is 3.91. The zero-order chi connectivity index (χ0) is 22.7. The number of rotatable bonds is 10. The molecule has 0 aromatic rings. The molecule has 1 aliphatic heterocycles. The Kier molecular flexibility index (Phi) is 11.4. The number of nitrogens with zero attached hydrogens (tertiary/aromatic N) is 1. The summed E-state index contributed by atoms with van der Waals surface area (Å²) >= 11 is 0. The van der Waals surface area contributed by atoms with Crippen LogP contribution in [-0.4, -0.2) is 23.3 Å². The van der Waals surface area contributed by atoms with Crippen molar-refractivity contribution in [2.24, 2.45) is 11.8 Å². The molecule has 0 aromatic carbocycles. The van der Waals surface area contributed by atoms with E-state index in [9.17, 15) is 9.59 Å². The van der Waals surface area contributed by atoms with Gasteiger partial charge >= 0.3 is 0 Å². The van der Waals surface area contributed by atoms with Gasteiger partial charge in [-0.1, -0.05) is 84.4 Å². The van der Waals surface area contributed by atoms with Gasteiger partial charge in [0.2, 0.25) is 0 Å². The number of allylic oxidation sites excluding steroid dienone is 4. The first kappa shape index (κ1) is 25.9. The highest BCUT2D eigenvalue weighted by Crippen LogP contribution is 2.30. The van der Waals surface area contributed by atoms with Crippen molar-refractivity contribution in [3.63, 3.8) is 0 Å². The maximum absolute atomic E-state index is 12.6. The van der Waals surface area contributed by atoms with Crippen molar-refractivity contribution in [2.45, 2.75) is 80.1 Å². The summed E-state index contributed by atoms with van der Waals surface area (Å²) in [6, 6.07) is 0. The first-order chi connectivity index (χ1) is 14.4. The van der Waals surface area contributed by atoms with Crippen LogP contribution in [0.25, 0.3) is 0 Å². The minimum atomic E-state index is -0.179. The molecule has 3 nitrogen and oxygen atoms in total. The van der Waals surface area contributed by atoms with Crippen LogP contribution in [0, 0.1) is 11.8 Å². The molecule has 1 aliphatic carbocycles. The highest BCUT2D eigenvalue weighted by atomic mass is 16.2. The quantitative estimate of drug-likeness (QED) is 0.288. The topological polar surface area (TPSA) is 37.4 Å². The zero-order valence-corrected chi connectivity index (χ0v) is 20.0. The van der Waals surface area contributed by atoms with Crippen LogP contribution in [-0.2, 0) is 9.59 Å². The molecule has 2 atom stereocenters. The van der Waals surface area contributed by atoms with E-state index in [0.29, 0.717) is 23.5 Å². The minimum Gasteiger partial charge on any atom is -0.270 e. The molecule has 0 spiro atoms. The molecule has 0 fully saturated rings. The van der Waals surface area contributed by atoms with Crippen LogP contribution in [0.15, 0.2) is 59.3 Å². The van der Waals surface area contributed by atoms with Crippen molar-refractivity contribution >= 4 is 11.8 Å². The van der Waals surface area contributed by atoms with Gasteiger partial charge in [0, 0.05) is 11.1 Å². The van der Waals surface area contributed by atoms with E-state index in [4.69, 9.17) is 0 Å². The molecule has 1 heterocycles. The van der Waals surface area contributed by atoms with E-state index < -0.39 is 0 Å². The Morgan fingerprint density at radius 3 is 2.43 bits per heavy atom. The predicted molar refractivity (Wildman–Crippen MR) is 128 cm³/mol. The normalized spacial score (nSPS) is 18.5. The Morgan fingerprint density at radius 2 is 1.87 bits per heavy atom. The van der Waals surface area contributed by atoms with Crippen LogP contribution < -0.4 is 0 Å².